The van der Waals surface area contributed by atoms with Gasteiger partial charge in [-0.3, -0.25) is 0 Å². The van der Waals surface area contributed by atoms with E-state index >= 15 is 0 Å². The lowest BCUT2D eigenvalue weighted by Gasteiger charge is -2.12. The van der Waals surface area contributed by atoms with E-state index in [2.05, 4.69) is 25.8 Å². The van der Waals surface area contributed by atoms with Gasteiger partial charge in [0.1, 0.15) is 5.82 Å². The Morgan fingerprint density at radius 3 is 2.50 bits per heavy atom. The Balaban J connectivity index is 2.60. The van der Waals surface area contributed by atoms with E-state index in [1.807, 2.05) is 4.57 Å². The zero-order valence-corrected chi connectivity index (χ0v) is 12.0. The van der Waals surface area contributed by atoms with E-state index < -0.39 is 11.7 Å². The first-order valence-corrected chi connectivity index (χ1v) is 6.95. The van der Waals surface area contributed by atoms with Crippen molar-refractivity contribution in [2.75, 3.05) is 0 Å². The molecule has 0 radical (unpaired) electrons. The molecule has 0 saturated carbocycles. The lowest BCUT2D eigenvalue weighted by molar-refractivity contribution is -0.137. The predicted octanol–water partition coefficient (Wildman–Crippen LogP) is 4.98. The first kappa shape index (κ1) is 14.9. The molecule has 0 fully saturated rings. The number of nitrogens with zero attached hydrogens (tertiary/aromatic N) is 2. The molecule has 0 aliphatic heterocycles. The summed E-state index contributed by atoms with van der Waals surface area (Å²) in [4.78, 5) is 4.44. The van der Waals surface area contributed by atoms with Crippen molar-refractivity contribution in [1.29, 1.82) is 0 Å². The van der Waals surface area contributed by atoms with E-state index in [9.17, 15) is 13.2 Å². The molecule has 2 nitrogen and oxygen atoms in total. The number of benzene rings is 1. The van der Waals surface area contributed by atoms with Crippen LogP contribution in [0.15, 0.2) is 18.2 Å². The summed E-state index contributed by atoms with van der Waals surface area (Å²) in [6.45, 7) is 6.94. The van der Waals surface area contributed by atoms with Crippen LogP contribution in [0.1, 0.15) is 50.9 Å². The number of aryl methyl sites for hydroxylation is 1. The molecule has 1 aromatic heterocycles. The maximum absolute atomic E-state index is 12.8. The molecule has 5 heteroatoms. The topological polar surface area (TPSA) is 17.8 Å². The number of imidazole rings is 1. The molecule has 0 bridgehead atoms. The van der Waals surface area contributed by atoms with Crippen LogP contribution in [0.4, 0.5) is 13.2 Å². The maximum atomic E-state index is 12.8. The summed E-state index contributed by atoms with van der Waals surface area (Å²) < 4.78 is 40.3. The van der Waals surface area contributed by atoms with Crippen molar-refractivity contribution in [3.63, 3.8) is 0 Å². The fourth-order valence-corrected chi connectivity index (χ4v) is 2.34. The van der Waals surface area contributed by atoms with Gasteiger partial charge in [0.15, 0.2) is 0 Å². The number of rotatable bonds is 4. The fourth-order valence-electron chi connectivity index (χ4n) is 2.34. The summed E-state index contributed by atoms with van der Waals surface area (Å²) in [6, 6.07) is 3.82. The highest BCUT2D eigenvalue weighted by Gasteiger charge is 2.31. The largest absolute Gasteiger partial charge is 0.416 e. The number of hydrogen-bond donors (Lipinski definition) is 0. The Hall–Kier alpha value is -1.52. The molecule has 0 spiro atoms. The van der Waals surface area contributed by atoms with E-state index in [-0.39, 0.29) is 5.92 Å². The first-order valence-electron chi connectivity index (χ1n) is 6.95. The first-order chi connectivity index (χ1) is 9.38. The third-order valence-corrected chi connectivity index (χ3v) is 3.61. The van der Waals surface area contributed by atoms with Crippen molar-refractivity contribution in [3.8, 4) is 0 Å². The van der Waals surface area contributed by atoms with Crippen LogP contribution in [0.3, 0.4) is 0 Å². The van der Waals surface area contributed by atoms with Crippen molar-refractivity contribution in [2.24, 2.45) is 0 Å². The minimum absolute atomic E-state index is 0.239. The quantitative estimate of drug-likeness (QED) is 0.774. The number of aromatic nitrogens is 2. The summed E-state index contributed by atoms with van der Waals surface area (Å²) in [5.41, 5.74) is 0.584. The highest BCUT2D eigenvalue weighted by molar-refractivity contribution is 5.77. The van der Waals surface area contributed by atoms with Crippen molar-refractivity contribution in [3.05, 3.63) is 29.6 Å². The van der Waals surface area contributed by atoms with Gasteiger partial charge in [0.25, 0.3) is 0 Å². The minimum atomic E-state index is -4.32. The Bertz CT molecular complexity index is 599. The molecule has 1 atom stereocenters. The highest BCUT2D eigenvalue weighted by atomic mass is 19.4. The van der Waals surface area contributed by atoms with E-state index in [1.54, 1.807) is 0 Å². The molecule has 1 unspecified atom stereocenters. The van der Waals surface area contributed by atoms with Crippen LogP contribution in [-0.4, -0.2) is 9.55 Å². The van der Waals surface area contributed by atoms with Crippen LogP contribution >= 0.6 is 0 Å². The molecule has 2 aromatic rings. The molecule has 0 N–H and O–H groups in total. The molecule has 0 aliphatic rings. The molecule has 2 rings (SSSR count). The number of alkyl halides is 3. The van der Waals surface area contributed by atoms with Gasteiger partial charge in [-0.25, -0.2) is 4.98 Å². The van der Waals surface area contributed by atoms with E-state index in [0.29, 0.717) is 5.52 Å². The summed E-state index contributed by atoms with van der Waals surface area (Å²) in [6.07, 6.45) is -2.48. The highest BCUT2D eigenvalue weighted by Crippen LogP contribution is 2.32. The second-order valence-corrected chi connectivity index (χ2v) is 5.13. The summed E-state index contributed by atoms with van der Waals surface area (Å²) in [5, 5.41) is 0. The molecule has 0 aliphatic carbocycles. The van der Waals surface area contributed by atoms with Gasteiger partial charge in [-0.15, -0.1) is 0 Å². The van der Waals surface area contributed by atoms with Crippen molar-refractivity contribution in [1.82, 2.24) is 9.55 Å². The fraction of sp³-hybridized carbons (Fsp3) is 0.533. The van der Waals surface area contributed by atoms with Crippen molar-refractivity contribution >= 4 is 11.0 Å². The third kappa shape index (κ3) is 2.67. The molecule has 1 heterocycles. The summed E-state index contributed by atoms with van der Waals surface area (Å²) in [7, 11) is 0. The van der Waals surface area contributed by atoms with Crippen LogP contribution < -0.4 is 0 Å². The Morgan fingerprint density at radius 2 is 1.95 bits per heavy atom. The number of halogens is 3. The van der Waals surface area contributed by atoms with Gasteiger partial charge in [0.2, 0.25) is 0 Å². The average molecular weight is 284 g/mol. The van der Waals surface area contributed by atoms with Gasteiger partial charge in [0, 0.05) is 12.5 Å². The van der Waals surface area contributed by atoms with Crippen LogP contribution in [0.2, 0.25) is 0 Å². The van der Waals surface area contributed by atoms with Gasteiger partial charge < -0.3 is 4.57 Å². The smallest absolute Gasteiger partial charge is 0.328 e. The Kier molecular flexibility index (Phi) is 4.06. The van der Waals surface area contributed by atoms with E-state index in [0.717, 1.165) is 42.9 Å². The maximum Gasteiger partial charge on any atom is 0.416 e. The van der Waals surface area contributed by atoms with Gasteiger partial charge in [-0.1, -0.05) is 20.8 Å². The molecular formula is C15H19F3N2. The standard InChI is InChI=1S/C15H19F3N2/c1-4-8-20-13-7-6-11(15(16,17)18)9-12(13)19-14(20)10(3)5-2/h6-7,9-10H,4-5,8H2,1-3H3. The van der Waals surface area contributed by atoms with Crippen LogP contribution in [-0.2, 0) is 12.7 Å². The van der Waals surface area contributed by atoms with Crippen molar-refractivity contribution < 1.29 is 13.2 Å². The lowest BCUT2D eigenvalue weighted by Crippen LogP contribution is -2.06. The van der Waals surface area contributed by atoms with E-state index in [4.69, 9.17) is 0 Å². The molecule has 1 aromatic carbocycles. The molecule has 0 amide bonds. The average Bonchev–Trinajstić information content (AvgIpc) is 2.75. The third-order valence-electron chi connectivity index (χ3n) is 3.61. The molecule has 20 heavy (non-hydrogen) atoms. The second kappa shape index (κ2) is 5.46. The molecule has 0 saturated heterocycles. The van der Waals surface area contributed by atoms with E-state index in [1.165, 1.54) is 6.07 Å². The van der Waals surface area contributed by atoms with Crippen LogP contribution in [0.25, 0.3) is 11.0 Å². The Morgan fingerprint density at radius 1 is 1.25 bits per heavy atom. The minimum Gasteiger partial charge on any atom is -0.328 e. The zero-order chi connectivity index (χ0) is 14.9. The van der Waals surface area contributed by atoms with Gasteiger partial charge in [-0.2, -0.15) is 13.2 Å². The summed E-state index contributed by atoms with van der Waals surface area (Å²) >= 11 is 0. The SMILES string of the molecule is CCCn1c(C(C)CC)nc2cc(C(F)(F)F)ccc21. The summed E-state index contributed by atoms with van der Waals surface area (Å²) in [5.74, 6) is 1.12. The van der Waals surface area contributed by atoms with Gasteiger partial charge >= 0.3 is 6.18 Å². The number of hydrogen-bond acceptors (Lipinski definition) is 1. The monoisotopic (exact) mass is 284 g/mol. The number of fused-ring (bicyclic) bond motifs is 1. The normalized spacial score (nSPS) is 13.9. The molecular weight excluding hydrogens is 265 g/mol. The lowest BCUT2D eigenvalue weighted by atomic mass is 10.1. The van der Waals surface area contributed by atoms with Gasteiger partial charge in [-0.05, 0) is 31.0 Å². The zero-order valence-electron chi connectivity index (χ0n) is 12.0. The predicted molar refractivity (Wildman–Crippen MR) is 73.7 cm³/mol. The van der Waals surface area contributed by atoms with Gasteiger partial charge in [0.05, 0.1) is 16.6 Å². The Labute approximate surface area is 116 Å². The van der Waals surface area contributed by atoms with Crippen LogP contribution in [0, 0.1) is 0 Å². The molecule has 110 valence electrons. The van der Waals surface area contributed by atoms with Crippen LogP contribution in [0.5, 0.6) is 0 Å². The van der Waals surface area contributed by atoms with Crippen molar-refractivity contribution in [2.45, 2.75) is 52.3 Å². The second-order valence-electron chi connectivity index (χ2n) is 5.13.